The molecule has 0 saturated carbocycles. The zero-order valence-electron chi connectivity index (χ0n) is 22.1. The molecule has 3 aromatic heterocycles. The van der Waals surface area contributed by atoms with E-state index in [-0.39, 0.29) is 35.2 Å². The number of nitro groups is 1. The van der Waals surface area contributed by atoms with Crippen molar-refractivity contribution in [3.8, 4) is 34.1 Å². The Morgan fingerprint density at radius 2 is 1.88 bits per heavy atom. The fourth-order valence-electron chi connectivity index (χ4n) is 4.99. The van der Waals surface area contributed by atoms with Gasteiger partial charge in [-0.05, 0) is 42.3 Å². The Hall–Kier alpha value is -5.01. The average molecular weight is 558 g/mol. The summed E-state index contributed by atoms with van der Waals surface area (Å²) in [4.78, 5) is 27.8. The first-order valence-corrected chi connectivity index (χ1v) is 12.7. The van der Waals surface area contributed by atoms with Crippen molar-refractivity contribution in [1.82, 2.24) is 24.5 Å². The molecule has 41 heavy (non-hydrogen) atoms. The molecule has 0 radical (unpaired) electrons. The molecule has 0 bridgehead atoms. The molecule has 0 atom stereocenters. The molecule has 2 aromatic carbocycles. The van der Waals surface area contributed by atoms with Crippen molar-refractivity contribution in [3.05, 3.63) is 82.2 Å². The average Bonchev–Trinajstić information content (AvgIpc) is 3.58. The SMILES string of the molecule is Cc1ccnc(Oc2ccc(-c3c(-c4ccc([N+](=O)[O-])cc4)n(C)c4ncnc(N)c34)c(CC3OCCO3)c2F)n1. The lowest BCUT2D eigenvalue weighted by Crippen LogP contribution is -2.14. The highest BCUT2D eigenvalue weighted by Crippen LogP contribution is 2.45. The summed E-state index contributed by atoms with van der Waals surface area (Å²) in [6, 6.07) is 11.0. The molecule has 1 aliphatic rings. The molecule has 4 heterocycles. The summed E-state index contributed by atoms with van der Waals surface area (Å²) in [5.74, 6) is -0.524. The fourth-order valence-corrected chi connectivity index (χ4v) is 4.99. The van der Waals surface area contributed by atoms with Gasteiger partial charge in [0, 0.05) is 48.6 Å². The predicted octanol–water partition coefficient (Wildman–Crippen LogP) is 4.74. The number of benzene rings is 2. The van der Waals surface area contributed by atoms with E-state index >= 15 is 4.39 Å². The summed E-state index contributed by atoms with van der Waals surface area (Å²) in [6.07, 6.45) is 2.26. The molecular formula is C28H24FN7O5. The van der Waals surface area contributed by atoms with Crippen LogP contribution in [-0.2, 0) is 22.9 Å². The Bertz CT molecular complexity index is 1790. The number of aryl methyl sites for hydroxylation is 2. The van der Waals surface area contributed by atoms with Gasteiger partial charge in [0.1, 0.15) is 17.8 Å². The topological polar surface area (TPSA) is 153 Å². The van der Waals surface area contributed by atoms with Gasteiger partial charge in [0.25, 0.3) is 5.69 Å². The van der Waals surface area contributed by atoms with E-state index < -0.39 is 17.0 Å². The number of nitrogen functional groups attached to an aromatic ring is 1. The van der Waals surface area contributed by atoms with Crippen LogP contribution in [0.3, 0.4) is 0 Å². The Balaban J connectivity index is 1.59. The maximum atomic E-state index is 16.4. The van der Waals surface area contributed by atoms with E-state index in [4.69, 9.17) is 19.9 Å². The molecule has 0 spiro atoms. The molecule has 1 aliphatic heterocycles. The van der Waals surface area contributed by atoms with Crippen molar-refractivity contribution in [2.24, 2.45) is 7.05 Å². The summed E-state index contributed by atoms with van der Waals surface area (Å²) >= 11 is 0. The summed E-state index contributed by atoms with van der Waals surface area (Å²) in [5, 5.41) is 11.8. The highest BCUT2D eigenvalue weighted by molar-refractivity contribution is 6.08. The van der Waals surface area contributed by atoms with Crippen LogP contribution in [0.15, 0.2) is 55.0 Å². The molecule has 1 saturated heterocycles. The summed E-state index contributed by atoms with van der Waals surface area (Å²) in [6.45, 7) is 2.55. The predicted molar refractivity (Wildman–Crippen MR) is 147 cm³/mol. The van der Waals surface area contributed by atoms with E-state index in [1.165, 1.54) is 30.7 Å². The number of halogens is 1. The number of aromatic nitrogens is 5. The molecule has 0 amide bonds. The summed E-state index contributed by atoms with van der Waals surface area (Å²) in [7, 11) is 1.79. The van der Waals surface area contributed by atoms with Crippen LogP contribution in [0, 0.1) is 22.9 Å². The number of non-ortho nitro benzene ring substituents is 1. The first-order chi connectivity index (χ1) is 19.8. The molecule has 0 unspecified atom stereocenters. The van der Waals surface area contributed by atoms with Crippen molar-refractivity contribution in [2.75, 3.05) is 18.9 Å². The van der Waals surface area contributed by atoms with Crippen LogP contribution in [0.1, 0.15) is 11.3 Å². The third kappa shape index (κ3) is 4.81. The normalized spacial score (nSPS) is 13.6. The van der Waals surface area contributed by atoms with Gasteiger partial charge >= 0.3 is 6.01 Å². The van der Waals surface area contributed by atoms with Gasteiger partial charge in [0.2, 0.25) is 0 Å². The molecular weight excluding hydrogens is 533 g/mol. The highest BCUT2D eigenvalue weighted by Gasteiger charge is 2.29. The lowest BCUT2D eigenvalue weighted by atomic mass is 9.92. The largest absolute Gasteiger partial charge is 0.421 e. The molecule has 12 nitrogen and oxygen atoms in total. The number of nitro benzene ring substituents is 1. The quantitative estimate of drug-likeness (QED) is 0.219. The lowest BCUT2D eigenvalue weighted by molar-refractivity contribution is -0.384. The van der Waals surface area contributed by atoms with Crippen molar-refractivity contribution in [3.63, 3.8) is 0 Å². The Labute approximate surface area is 232 Å². The van der Waals surface area contributed by atoms with Crippen LogP contribution in [-0.4, -0.2) is 48.9 Å². The minimum Gasteiger partial charge on any atom is -0.421 e. The van der Waals surface area contributed by atoms with Gasteiger partial charge in [-0.25, -0.2) is 24.3 Å². The van der Waals surface area contributed by atoms with Crippen molar-refractivity contribution >= 4 is 22.5 Å². The highest BCUT2D eigenvalue weighted by atomic mass is 19.1. The number of anilines is 1. The van der Waals surface area contributed by atoms with Crippen molar-refractivity contribution in [2.45, 2.75) is 19.6 Å². The molecule has 5 aromatic rings. The van der Waals surface area contributed by atoms with Gasteiger partial charge in [-0.2, -0.15) is 0 Å². The number of fused-ring (bicyclic) bond motifs is 1. The number of nitrogens with two attached hydrogens (primary N) is 1. The Morgan fingerprint density at radius 3 is 2.59 bits per heavy atom. The first-order valence-electron chi connectivity index (χ1n) is 12.7. The van der Waals surface area contributed by atoms with E-state index in [9.17, 15) is 10.1 Å². The second-order valence-electron chi connectivity index (χ2n) is 9.41. The number of nitrogens with zero attached hydrogens (tertiary/aromatic N) is 6. The molecule has 6 rings (SSSR count). The van der Waals surface area contributed by atoms with Gasteiger partial charge in [0.15, 0.2) is 17.9 Å². The Kier molecular flexibility index (Phi) is 6.73. The van der Waals surface area contributed by atoms with Crippen molar-refractivity contribution in [1.29, 1.82) is 0 Å². The maximum absolute atomic E-state index is 16.4. The number of rotatable bonds is 7. The van der Waals surface area contributed by atoms with Gasteiger partial charge in [-0.1, -0.05) is 6.07 Å². The van der Waals surface area contributed by atoms with Gasteiger partial charge in [-0.15, -0.1) is 0 Å². The zero-order chi connectivity index (χ0) is 28.7. The minimum absolute atomic E-state index is 0.00495. The maximum Gasteiger partial charge on any atom is 0.322 e. The molecule has 13 heteroatoms. The summed E-state index contributed by atoms with van der Waals surface area (Å²) in [5.41, 5.74) is 10.0. The van der Waals surface area contributed by atoms with Crippen LogP contribution in [0.4, 0.5) is 15.9 Å². The lowest BCUT2D eigenvalue weighted by Gasteiger charge is -2.18. The number of ether oxygens (including phenoxy) is 3. The van der Waals surface area contributed by atoms with E-state index in [0.717, 1.165) is 0 Å². The van der Waals surface area contributed by atoms with Gasteiger partial charge in [0.05, 0.1) is 29.2 Å². The van der Waals surface area contributed by atoms with Gasteiger partial charge < -0.3 is 24.5 Å². The third-order valence-electron chi connectivity index (χ3n) is 6.86. The van der Waals surface area contributed by atoms with E-state index in [2.05, 4.69) is 19.9 Å². The van der Waals surface area contributed by atoms with Crippen molar-refractivity contribution < 1.29 is 23.5 Å². The van der Waals surface area contributed by atoms with Gasteiger partial charge in [-0.3, -0.25) is 10.1 Å². The smallest absolute Gasteiger partial charge is 0.322 e. The molecule has 0 aliphatic carbocycles. The third-order valence-corrected chi connectivity index (χ3v) is 6.86. The Morgan fingerprint density at radius 1 is 1.12 bits per heavy atom. The second-order valence-corrected chi connectivity index (χ2v) is 9.41. The molecule has 208 valence electrons. The van der Waals surface area contributed by atoms with E-state index in [0.29, 0.717) is 52.3 Å². The standard InChI is InChI=1S/C28H24FN7O5/c1-15-9-10-31-28(34-15)41-20-8-7-18(19(24(20)29)13-21-39-11-12-40-21)22-23-26(30)32-14-33-27(23)35(2)25(22)16-3-5-17(6-4-16)36(37)38/h3-10,14,21H,11-13H2,1-2H3,(H2,30,32,33). The zero-order valence-corrected chi connectivity index (χ0v) is 22.1. The van der Waals surface area contributed by atoms with Crippen LogP contribution in [0.5, 0.6) is 11.8 Å². The summed E-state index contributed by atoms with van der Waals surface area (Å²) < 4.78 is 35.3. The van der Waals surface area contributed by atoms with Crippen LogP contribution in [0.2, 0.25) is 0 Å². The number of hydrogen-bond donors (Lipinski definition) is 1. The first kappa shape index (κ1) is 26.2. The van der Waals surface area contributed by atoms with Crippen LogP contribution < -0.4 is 10.5 Å². The molecule has 2 N–H and O–H groups in total. The second kappa shape index (κ2) is 10.5. The van der Waals surface area contributed by atoms with Crippen LogP contribution >= 0.6 is 0 Å². The van der Waals surface area contributed by atoms with Crippen LogP contribution in [0.25, 0.3) is 33.4 Å². The molecule has 1 fully saturated rings. The minimum atomic E-state index is -0.680. The van der Waals surface area contributed by atoms with E-state index in [1.54, 1.807) is 42.8 Å². The monoisotopic (exact) mass is 557 g/mol. The fraction of sp³-hybridized carbons (Fsp3) is 0.214. The van der Waals surface area contributed by atoms with E-state index in [1.807, 2.05) is 0 Å². The number of hydrogen-bond acceptors (Lipinski definition) is 10.